The van der Waals surface area contributed by atoms with Gasteiger partial charge in [-0.2, -0.15) is 0 Å². The van der Waals surface area contributed by atoms with Crippen molar-refractivity contribution in [3.05, 3.63) is 72.2 Å². The lowest BCUT2D eigenvalue weighted by molar-refractivity contribution is 0.0652. The highest BCUT2D eigenvalue weighted by Crippen LogP contribution is 2.29. The summed E-state index contributed by atoms with van der Waals surface area (Å²) >= 11 is 0. The van der Waals surface area contributed by atoms with Crippen LogP contribution < -0.4 is 0 Å². The van der Waals surface area contributed by atoms with Crippen LogP contribution in [0.25, 0.3) is 10.9 Å². The van der Waals surface area contributed by atoms with Gasteiger partial charge in [-0.25, -0.2) is 4.39 Å². The molecule has 4 heteroatoms. The van der Waals surface area contributed by atoms with E-state index in [4.69, 9.17) is 0 Å². The lowest BCUT2D eigenvalue weighted by Crippen LogP contribution is -2.28. The fraction of sp³-hybridized carbons (Fsp3) is 0.176. The summed E-state index contributed by atoms with van der Waals surface area (Å²) in [5, 5.41) is 20.3. The molecule has 21 heavy (non-hydrogen) atoms. The Morgan fingerprint density at radius 1 is 1.00 bits per heavy atom. The number of benzene rings is 2. The molecule has 1 aromatic heterocycles. The number of halogens is 1. The zero-order valence-electron chi connectivity index (χ0n) is 11.4. The minimum absolute atomic E-state index is 0.344. The Balaban J connectivity index is 2.20. The van der Waals surface area contributed by atoms with Gasteiger partial charge in [0.05, 0.1) is 18.2 Å². The van der Waals surface area contributed by atoms with Crippen LogP contribution in [-0.4, -0.2) is 27.5 Å². The zero-order valence-corrected chi connectivity index (χ0v) is 11.4. The molecule has 0 fully saturated rings. The van der Waals surface area contributed by atoms with Gasteiger partial charge in [-0.1, -0.05) is 42.5 Å². The summed E-state index contributed by atoms with van der Waals surface area (Å²) in [5.41, 5.74) is 1.25. The fourth-order valence-corrected chi connectivity index (χ4v) is 2.72. The van der Waals surface area contributed by atoms with E-state index in [-0.39, 0.29) is 5.82 Å². The van der Waals surface area contributed by atoms with Crippen LogP contribution in [0.4, 0.5) is 4.39 Å². The molecule has 0 saturated carbocycles. The molecule has 1 heterocycles. The highest BCUT2D eigenvalue weighted by Gasteiger charge is 2.24. The van der Waals surface area contributed by atoms with Crippen molar-refractivity contribution in [2.24, 2.45) is 0 Å². The average molecular weight is 285 g/mol. The molecule has 3 rings (SSSR count). The van der Waals surface area contributed by atoms with E-state index in [1.54, 1.807) is 22.9 Å². The second-order valence-electron chi connectivity index (χ2n) is 5.01. The van der Waals surface area contributed by atoms with Crippen molar-refractivity contribution in [1.29, 1.82) is 0 Å². The maximum atomic E-state index is 14.2. The Labute approximate surface area is 121 Å². The van der Waals surface area contributed by atoms with Crippen LogP contribution in [0.1, 0.15) is 11.6 Å². The predicted molar refractivity (Wildman–Crippen MR) is 79.6 cm³/mol. The van der Waals surface area contributed by atoms with E-state index in [9.17, 15) is 14.6 Å². The summed E-state index contributed by atoms with van der Waals surface area (Å²) < 4.78 is 15.8. The predicted octanol–water partition coefficient (Wildman–Crippen LogP) is 2.72. The Hall–Kier alpha value is -2.17. The Bertz CT molecular complexity index is 739. The van der Waals surface area contributed by atoms with E-state index < -0.39 is 18.8 Å². The molecule has 0 bridgehead atoms. The van der Waals surface area contributed by atoms with E-state index in [1.807, 2.05) is 36.4 Å². The molecule has 2 aromatic carbocycles. The normalized spacial score (nSPS) is 14.2. The van der Waals surface area contributed by atoms with E-state index in [0.717, 1.165) is 10.9 Å². The molecule has 0 unspecified atom stereocenters. The van der Waals surface area contributed by atoms with Gasteiger partial charge in [-0.05, 0) is 17.7 Å². The highest BCUT2D eigenvalue weighted by atomic mass is 19.1. The van der Waals surface area contributed by atoms with Crippen molar-refractivity contribution in [1.82, 2.24) is 4.57 Å². The second-order valence-corrected chi connectivity index (χ2v) is 5.01. The van der Waals surface area contributed by atoms with Crippen LogP contribution in [-0.2, 0) is 0 Å². The van der Waals surface area contributed by atoms with Gasteiger partial charge in [-0.15, -0.1) is 0 Å². The largest absolute Gasteiger partial charge is 0.394 e. The molecule has 3 nitrogen and oxygen atoms in total. The molecule has 0 aliphatic heterocycles. The van der Waals surface area contributed by atoms with Crippen LogP contribution >= 0.6 is 0 Å². The first kappa shape index (κ1) is 13.8. The number of rotatable bonds is 4. The maximum Gasteiger partial charge on any atom is 0.147 e. The van der Waals surface area contributed by atoms with Gasteiger partial charge in [0, 0.05) is 11.6 Å². The van der Waals surface area contributed by atoms with E-state index >= 15 is 0 Å². The Kier molecular flexibility index (Phi) is 3.73. The summed E-state index contributed by atoms with van der Waals surface area (Å²) in [5.74, 6) is -0.344. The summed E-state index contributed by atoms with van der Waals surface area (Å²) in [6.45, 7) is -0.395. The molecule has 3 aromatic rings. The topological polar surface area (TPSA) is 45.4 Å². The summed E-state index contributed by atoms with van der Waals surface area (Å²) in [6.07, 6.45) is 0.729. The van der Waals surface area contributed by atoms with Crippen molar-refractivity contribution in [2.75, 3.05) is 6.61 Å². The molecular weight excluding hydrogens is 269 g/mol. The van der Waals surface area contributed by atoms with Crippen molar-refractivity contribution < 1.29 is 14.6 Å². The number of aliphatic hydroxyl groups is 2. The summed E-state index contributed by atoms with van der Waals surface area (Å²) in [4.78, 5) is 0. The van der Waals surface area contributed by atoms with Crippen molar-refractivity contribution in [3.63, 3.8) is 0 Å². The van der Waals surface area contributed by atoms with Gasteiger partial charge in [0.2, 0.25) is 0 Å². The lowest BCUT2D eigenvalue weighted by atomic mass is 10.0. The number of fused-ring (bicyclic) bond motifs is 1. The molecule has 2 N–H and O–H groups in total. The van der Waals surface area contributed by atoms with Crippen LogP contribution in [0.3, 0.4) is 0 Å². The van der Waals surface area contributed by atoms with Crippen LogP contribution in [0.15, 0.2) is 60.8 Å². The fourth-order valence-electron chi connectivity index (χ4n) is 2.72. The van der Waals surface area contributed by atoms with Gasteiger partial charge in [0.25, 0.3) is 0 Å². The van der Waals surface area contributed by atoms with Crippen molar-refractivity contribution >= 4 is 10.9 Å². The van der Waals surface area contributed by atoms with E-state index in [0.29, 0.717) is 5.52 Å². The van der Waals surface area contributed by atoms with Gasteiger partial charge in [0.1, 0.15) is 11.9 Å². The third-order valence-electron chi connectivity index (χ3n) is 3.68. The second kappa shape index (κ2) is 5.68. The zero-order chi connectivity index (χ0) is 14.8. The lowest BCUT2D eigenvalue weighted by Gasteiger charge is -2.25. The van der Waals surface area contributed by atoms with E-state index in [2.05, 4.69) is 0 Å². The van der Waals surface area contributed by atoms with Gasteiger partial charge >= 0.3 is 0 Å². The molecule has 0 radical (unpaired) electrons. The smallest absolute Gasteiger partial charge is 0.147 e. The van der Waals surface area contributed by atoms with Crippen molar-refractivity contribution in [3.8, 4) is 0 Å². The van der Waals surface area contributed by atoms with Crippen LogP contribution in [0, 0.1) is 5.82 Å². The number of aromatic nitrogens is 1. The molecule has 0 aliphatic rings. The third kappa shape index (κ3) is 2.44. The van der Waals surface area contributed by atoms with Crippen LogP contribution in [0.2, 0.25) is 0 Å². The highest BCUT2D eigenvalue weighted by molar-refractivity contribution is 5.81. The molecule has 0 aliphatic carbocycles. The molecule has 0 saturated heterocycles. The minimum atomic E-state index is -1.01. The number of hydrogen-bond acceptors (Lipinski definition) is 2. The van der Waals surface area contributed by atoms with Gasteiger partial charge < -0.3 is 14.8 Å². The first-order valence-corrected chi connectivity index (χ1v) is 6.81. The van der Waals surface area contributed by atoms with Crippen LogP contribution in [0.5, 0.6) is 0 Å². The quantitative estimate of drug-likeness (QED) is 0.774. The Morgan fingerprint density at radius 2 is 1.76 bits per heavy atom. The van der Waals surface area contributed by atoms with Gasteiger partial charge in [-0.3, -0.25) is 0 Å². The Morgan fingerprint density at radius 3 is 2.48 bits per heavy atom. The SMILES string of the molecule is OC[C@@H](O)[C@H](c1ccccc1)n1ccc2cccc(F)c21. The van der Waals surface area contributed by atoms with E-state index in [1.165, 1.54) is 6.07 Å². The third-order valence-corrected chi connectivity index (χ3v) is 3.68. The first-order chi connectivity index (χ1) is 10.2. The first-order valence-electron chi connectivity index (χ1n) is 6.81. The molecular formula is C17H16FNO2. The van der Waals surface area contributed by atoms with Crippen molar-refractivity contribution in [2.45, 2.75) is 12.1 Å². The summed E-state index contributed by atoms with van der Waals surface area (Å²) in [6, 6.07) is 15.4. The minimum Gasteiger partial charge on any atom is -0.394 e. The monoisotopic (exact) mass is 285 g/mol. The number of aliphatic hydroxyl groups excluding tert-OH is 2. The molecule has 2 atom stereocenters. The standard InChI is InChI=1S/C17H16FNO2/c18-14-8-4-7-13-9-10-19(16(13)14)17(15(21)11-20)12-5-2-1-3-6-12/h1-10,15,17,20-21H,11H2/t15-,17+/m1/s1. The average Bonchev–Trinajstić information content (AvgIpc) is 2.94. The molecule has 0 spiro atoms. The number of nitrogens with zero attached hydrogens (tertiary/aromatic N) is 1. The van der Waals surface area contributed by atoms with Gasteiger partial charge in [0.15, 0.2) is 0 Å². The summed E-state index contributed by atoms with van der Waals surface area (Å²) in [7, 11) is 0. The number of hydrogen-bond donors (Lipinski definition) is 2. The maximum absolute atomic E-state index is 14.2. The molecule has 0 amide bonds. The molecule has 108 valence electrons. The number of para-hydroxylation sites is 1.